The molecule has 0 N–H and O–H groups in total. The van der Waals surface area contributed by atoms with Crippen molar-refractivity contribution < 1.29 is 0 Å². The first-order valence-corrected chi connectivity index (χ1v) is 22.9. The van der Waals surface area contributed by atoms with Crippen LogP contribution in [0.25, 0.3) is 54.6 Å². The molecule has 0 atom stereocenters. The van der Waals surface area contributed by atoms with Crippen LogP contribution in [0.15, 0.2) is 200 Å². The quantitative estimate of drug-likeness (QED) is 0.163. The summed E-state index contributed by atoms with van der Waals surface area (Å²) in [4.78, 5) is 5.03. The summed E-state index contributed by atoms with van der Waals surface area (Å²) in [5, 5.41) is 7.46. The van der Waals surface area contributed by atoms with Crippen LogP contribution in [0.1, 0.15) is 48.6 Å². The van der Waals surface area contributed by atoms with Crippen LogP contribution in [0, 0.1) is 0 Å². The first-order chi connectivity index (χ1) is 31.4. The van der Waals surface area contributed by atoms with Crippen LogP contribution in [-0.2, 0) is 31.1 Å². The summed E-state index contributed by atoms with van der Waals surface area (Å²) >= 11 is 0. The monoisotopic (exact) mass is 822 g/mol. The van der Waals surface area contributed by atoms with Crippen molar-refractivity contribution in [2.45, 2.75) is 51.9 Å². The van der Waals surface area contributed by atoms with E-state index in [9.17, 15) is 0 Å². The fourth-order valence-corrected chi connectivity index (χ4v) is 10.7. The molecule has 2 nitrogen and oxygen atoms in total. The number of para-hydroxylation sites is 4. The third-order valence-corrected chi connectivity index (χ3v) is 13.9. The van der Waals surface area contributed by atoms with Gasteiger partial charge in [-0.2, -0.15) is 0 Å². The molecule has 0 aliphatic carbocycles. The van der Waals surface area contributed by atoms with E-state index in [4.69, 9.17) is 0 Å². The van der Waals surface area contributed by atoms with Crippen LogP contribution in [0.2, 0.25) is 0 Å². The van der Waals surface area contributed by atoms with Crippen molar-refractivity contribution in [3.8, 4) is 22.3 Å². The van der Waals surface area contributed by atoms with E-state index in [1.54, 1.807) is 0 Å². The summed E-state index contributed by atoms with van der Waals surface area (Å²) in [5.74, 6) is 0. The standard InChI is InChI=1S/C62H50N2/c1-62(2,3)49-32-30-46(31-33-49)60-52-36-34-51(64-58-22-12-8-17-44(58)27-28-45-18-9-13-23-59(45)64)40-55(52)61(48-29-24-41-14-4-5-19-47(41)38-48)53-37-35-50(39-54(53)60)63-56-20-10-6-15-42(56)25-26-43-16-7-11-21-57(43)63/h4-24,29-40H,25-28H2,1-3H3. The van der Waals surface area contributed by atoms with E-state index < -0.39 is 0 Å². The van der Waals surface area contributed by atoms with Crippen LogP contribution in [0.5, 0.6) is 0 Å². The minimum absolute atomic E-state index is 0.0397. The Kier molecular flexibility index (Phi) is 9.05. The Hall–Kier alpha value is -7.42. The van der Waals surface area contributed by atoms with Crippen molar-refractivity contribution in [2.24, 2.45) is 0 Å². The number of anilines is 6. The topological polar surface area (TPSA) is 6.48 Å². The average molecular weight is 823 g/mol. The summed E-state index contributed by atoms with van der Waals surface area (Å²) in [6, 6.07) is 75.7. The number of hydrogen-bond acceptors (Lipinski definition) is 2. The smallest absolute Gasteiger partial charge is 0.0493 e. The summed E-state index contributed by atoms with van der Waals surface area (Å²) in [5.41, 5.74) is 19.1. The van der Waals surface area contributed by atoms with Gasteiger partial charge in [0.1, 0.15) is 0 Å². The Bertz CT molecular complexity index is 3350. The average Bonchev–Trinajstić information content (AvgIpc) is 3.61. The van der Waals surface area contributed by atoms with Gasteiger partial charge in [-0.1, -0.05) is 166 Å². The van der Waals surface area contributed by atoms with Gasteiger partial charge < -0.3 is 9.80 Å². The van der Waals surface area contributed by atoms with E-state index in [0.29, 0.717) is 0 Å². The molecule has 12 rings (SSSR count). The Morgan fingerprint density at radius 2 is 0.719 bits per heavy atom. The van der Waals surface area contributed by atoms with Crippen molar-refractivity contribution in [2.75, 3.05) is 9.80 Å². The molecule has 10 aromatic carbocycles. The molecule has 0 spiro atoms. The maximum Gasteiger partial charge on any atom is 0.0493 e. The fraction of sp³-hybridized carbons (Fsp3) is 0.129. The van der Waals surface area contributed by atoms with Crippen molar-refractivity contribution in [3.63, 3.8) is 0 Å². The highest BCUT2D eigenvalue weighted by Gasteiger charge is 2.27. The van der Waals surface area contributed by atoms with E-state index >= 15 is 0 Å². The molecule has 2 heteroatoms. The van der Waals surface area contributed by atoms with Gasteiger partial charge in [-0.15, -0.1) is 0 Å². The molecule has 0 bridgehead atoms. The molecule has 308 valence electrons. The molecule has 64 heavy (non-hydrogen) atoms. The van der Waals surface area contributed by atoms with Crippen molar-refractivity contribution in [3.05, 3.63) is 228 Å². The van der Waals surface area contributed by atoms with E-state index in [1.165, 1.54) is 117 Å². The normalized spacial score (nSPS) is 13.5. The number of fused-ring (bicyclic) bond motifs is 7. The minimum Gasteiger partial charge on any atom is -0.310 e. The second kappa shape index (κ2) is 15.1. The molecule has 2 heterocycles. The highest BCUT2D eigenvalue weighted by atomic mass is 15.2. The van der Waals surface area contributed by atoms with E-state index in [-0.39, 0.29) is 5.41 Å². The molecule has 2 aliphatic heterocycles. The molecule has 10 aromatic rings. The molecule has 0 fully saturated rings. The molecule has 0 amide bonds. The Balaban J connectivity index is 1.19. The molecular weight excluding hydrogens is 773 g/mol. The first-order valence-electron chi connectivity index (χ1n) is 22.9. The van der Waals surface area contributed by atoms with Gasteiger partial charge in [-0.3, -0.25) is 0 Å². The lowest BCUT2D eigenvalue weighted by atomic mass is 9.83. The van der Waals surface area contributed by atoms with Crippen molar-refractivity contribution >= 4 is 66.4 Å². The lowest BCUT2D eigenvalue weighted by Gasteiger charge is -2.29. The number of rotatable bonds is 4. The second-order valence-electron chi connectivity index (χ2n) is 18.8. The lowest BCUT2D eigenvalue weighted by Crippen LogP contribution is -2.12. The van der Waals surface area contributed by atoms with Gasteiger partial charge >= 0.3 is 0 Å². The lowest BCUT2D eigenvalue weighted by molar-refractivity contribution is 0.590. The number of benzene rings is 10. The number of nitrogens with zero attached hydrogens (tertiary/aromatic N) is 2. The van der Waals surface area contributed by atoms with Gasteiger partial charge in [0.15, 0.2) is 0 Å². The molecule has 0 saturated carbocycles. The largest absolute Gasteiger partial charge is 0.310 e. The highest BCUT2D eigenvalue weighted by Crippen LogP contribution is 2.50. The molecule has 0 radical (unpaired) electrons. The first kappa shape index (κ1) is 38.3. The van der Waals surface area contributed by atoms with E-state index in [1.807, 2.05) is 0 Å². The van der Waals surface area contributed by atoms with Gasteiger partial charge in [0.2, 0.25) is 0 Å². The number of aryl methyl sites for hydroxylation is 4. The van der Waals surface area contributed by atoms with Crippen molar-refractivity contribution in [1.82, 2.24) is 0 Å². The number of hydrogen-bond donors (Lipinski definition) is 0. The molecular formula is C62H50N2. The minimum atomic E-state index is 0.0397. The molecule has 0 aromatic heterocycles. The Morgan fingerprint density at radius 1 is 0.328 bits per heavy atom. The van der Waals surface area contributed by atoms with Crippen LogP contribution in [0.4, 0.5) is 34.1 Å². The predicted molar refractivity (Wildman–Crippen MR) is 273 cm³/mol. The third-order valence-electron chi connectivity index (χ3n) is 13.9. The van der Waals surface area contributed by atoms with Gasteiger partial charge in [0, 0.05) is 34.1 Å². The second-order valence-corrected chi connectivity index (χ2v) is 18.8. The summed E-state index contributed by atoms with van der Waals surface area (Å²) in [6.45, 7) is 6.90. The van der Waals surface area contributed by atoms with Crippen LogP contribution in [0.3, 0.4) is 0 Å². The summed E-state index contributed by atoms with van der Waals surface area (Å²) < 4.78 is 0. The maximum atomic E-state index is 2.51. The zero-order valence-electron chi connectivity index (χ0n) is 36.8. The Morgan fingerprint density at radius 3 is 1.17 bits per heavy atom. The zero-order valence-corrected chi connectivity index (χ0v) is 36.8. The summed E-state index contributed by atoms with van der Waals surface area (Å²) in [6.07, 6.45) is 4.03. The molecule has 2 aliphatic rings. The van der Waals surface area contributed by atoms with Gasteiger partial charge in [0.05, 0.1) is 0 Å². The van der Waals surface area contributed by atoms with Gasteiger partial charge in [-0.25, -0.2) is 0 Å². The summed E-state index contributed by atoms with van der Waals surface area (Å²) in [7, 11) is 0. The maximum absolute atomic E-state index is 2.51. The van der Waals surface area contributed by atoms with Crippen LogP contribution < -0.4 is 9.80 Å². The van der Waals surface area contributed by atoms with Gasteiger partial charge in [-0.05, 0) is 168 Å². The van der Waals surface area contributed by atoms with E-state index in [2.05, 4.69) is 231 Å². The molecule has 0 unspecified atom stereocenters. The molecule has 0 saturated heterocycles. The zero-order chi connectivity index (χ0) is 42.9. The van der Waals surface area contributed by atoms with E-state index in [0.717, 1.165) is 25.7 Å². The van der Waals surface area contributed by atoms with Crippen LogP contribution in [-0.4, -0.2) is 0 Å². The third kappa shape index (κ3) is 6.39. The predicted octanol–water partition coefficient (Wildman–Crippen LogP) is 16.9. The SMILES string of the molecule is CC(C)(C)c1ccc(-c2c3ccc(N4c5ccccc5CCc5ccccc54)cc3c(-c3ccc4ccccc4c3)c3ccc(N4c5ccccc5CCc5ccccc54)cc23)cc1. The van der Waals surface area contributed by atoms with Gasteiger partial charge in [0.25, 0.3) is 0 Å². The van der Waals surface area contributed by atoms with Crippen molar-refractivity contribution in [1.29, 1.82) is 0 Å². The highest BCUT2D eigenvalue weighted by molar-refractivity contribution is 6.23. The Labute approximate surface area is 376 Å². The fourth-order valence-electron chi connectivity index (χ4n) is 10.7. The van der Waals surface area contributed by atoms with Crippen LogP contribution >= 0.6 is 0 Å².